The number of hydrogen-bond acceptors (Lipinski definition) is 3. The van der Waals surface area contributed by atoms with Gasteiger partial charge in [0.15, 0.2) is 0 Å². The molecule has 7 heteroatoms. The van der Waals surface area contributed by atoms with E-state index in [1.165, 1.54) is 4.90 Å². The van der Waals surface area contributed by atoms with Crippen molar-refractivity contribution in [2.24, 2.45) is 0 Å². The number of carbonyl (C=O) groups excluding carboxylic acids is 1. The van der Waals surface area contributed by atoms with Gasteiger partial charge in [0.25, 0.3) is 5.91 Å². The van der Waals surface area contributed by atoms with Crippen molar-refractivity contribution in [3.63, 3.8) is 0 Å². The predicted molar refractivity (Wildman–Crippen MR) is 77.2 cm³/mol. The van der Waals surface area contributed by atoms with E-state index in [4.69, 9.17) is 5.11 Å². The number of nitrogens with zero attached hydrogens (tertiary/aromatic N) is 1. The molecule has 0 aromatic heterocycles. The Morgan fingerprint density at radius 1 is 1.37 bits per heavy atom. The lowest BCUT2D eigenvalue weighted by Crippen LogP contribution is -2.57. The van der Waals surface area contributed by atoms with Gasteiger partial charge in [-0.2, -0.15) is 0 Å². The zero-order chi connectivity index (χ0) is 14.0. The Bertz CT molecular complexity index is 522. The third kappa shape index (κ3) is 3.16. The number of aliphatic carboxylic acids is 1. The molecule has 1 aromatic rings. The summed E-state index contributed by atoms with van der Waals surface area (Å²) in [7, 11) is 0. The Kier molecular flexibility index (Phi) is 4.59. The minimum Gasteiger partial charge on any atom is -0.480 e. The van der Waals surface area contributed by atoms with E-state index in [0.29, 0.717) is 23.1 Å². The number of piperazine rings is 1. The lowest BCUT2D eigenvalue weighted by Gasteiger charge is -2.33. The molecule has 0 bridgehead atoms. The van der Waals surface area contributed by atoms with Gasteiger partial charge < -0.3 is 15.3 Å². The number of benzene rings is 1. The minimum atomic E-state index is -0.992. The van der Waals surface area contributed by atoms with E-state index in [-0.39, 0.29) is 12.5 Å². The average molecular weight is 392 g/mol. The van der Waals surface area contributed by atoms with E-state index >= 15 is 0 Å². The molecule has 0 spiro atoms. The summed E-state index contributed by atoms with van der Waals surface area (Å²) in [4.78, 5) is 25.0. The highest BCUT2D eigenvalue weighted by atomic mass is 79.9. The standard InChI is InChI=1S/C12H12Br2N2O3/c13-7-1-2-8(9(14)5-7)11(17)16-4-3-15-6-10(16)12(18)19/h1-2,5,10,15H,3-4,6H2,(H,18,19). The Morgan fingerprint density at radius 2 is 2.11 bits per heavy atom. The maximum absolute atomic E-state index is 12.4. The van der Waals surface area contributed by atoms with Gasteiger partial charge in [0.2, 0.25) is 0 Å². The number of carbonyl (C=O) groups is 2. The topological polar surface area (TPSA) is 69.6 Å². The van der Waals surface area contributed by atoms with Crippen LogP contribution in [0.2, 0.25) is 0 Å². The number of nitrogens with one attached hydrogen (secondary N) is 1. The summed E-state index contributed by atoms with van der Waals surface area (Å²) in [5.74, 6) is -1.26. The first-order valence-corrected chi connectivity index (χ1v) is 7.29. The fourth-order valence-electron chi connectivity index (χ4n) is 1.99. The van der Waals surface area contributed by atoms with E-state index in [0.717, 1.165) is 4.47 Å². The molecule has 1 aliphatic heterocycles. The Morgan fingerprint density at radius 3 is 2.74 bits per heavy atom. The second-order valence-electron chi connectivity index (χ2n) is 4.18. The highest BCUT2D eigenvalue weighted by molar-refractivity contribution is 9.11. The molecule has 5 nitrogen and oxygen atoms in total. The second kappa shape index (κ2) is 6.02. The normalized spacial score (nSPS) is 19.3. The summed E-state index contributed by atoms with van der Waals surface area (Å²) >= 11 is 6.65. The summed E-state index contributed by atoms with van der Waals surface area (Å²) < 4.78 is 1.50. The molecule has 1 saturated heterocycles. The molecule has 1 atom stereocenters. The van der Waals surface area contributed by atoms with E-state index in [1.807, 2.05) is 0 Å². The second-order valence-corrected chi connectivity index (χ2v) is 5.95. The molecule has 2 N–H and O–H groups in total. The number of carboxylic acid groups (broad SMARTS) is 1. The summed E-state index contributed by atoms with van der Waals surface area (Å²) in [5.41, 5.74) is 0.469. The van der Waals surface area contributed by atoms with Gasteiger partial charge in [-0.05, 0) is 34.1 Å². The summed E-state index contributed by atoms with van der Waals surface area (Å²) in [6.07, 6.45) is 0. The van der Waals surface area contributed by atoms with Gasteiger partial charge in [0.05, 0.1) is 5.56 Å². The molecule has 102 valence electrons. The quantitative estimate of drug-likeness (QED) is 0.805. The summed E-state index contributed by atoms with van der Waals surface area (Å²) in [6.45, 7) is 1.26. The molecule has 1 amide bonds. The van der Waals surface area contributed by atoms with Crippen LogP contribution >= 0.6 is 31.9 Å². The van der Waals surface area contributed by atoms with Crippen molar-refractivity contribution < 1.29 is 14.7 Å². The van der Waals surface area contributed by atoms with Crippen LogP contribution in [0.25, 0.3) is 0 Å². The van der Waals surface area contributed by atoms with Gasteiger partial charge in [-0.3, -0.25) is 4.79 Å². The van der Waals surface area contributed by atoms with E-state index in [9.17, 15) is 9.59 Å². The van der Waals surface area contributed by atoms with Crippen molar-refractivity contribution in [1.82, 2.24) is 10.2 Å². The Balaban J connectivity index is 2.28. The molecular weight excluding hydrogens is 380 g/mol. The maximum Gasteiger partial charge on any atom is 0.327 e. The average Bonchev–Trinajstić information content (AvgIpc) is 2.38. The third-order valence-corrected chi connectivity index (χ3v) is 4.10. The van der Waals surface area contributed by atoms with Crippen molar-refractivity contribution in [1.29, 1.82) is 0 Å². The van der Waals surface area contributed by atoms with E-state index in [1.54, 1.807) is 18.2 Å². The highest BCUT2D eigenvalue weighted by Gasteiger charge is 2.33. The van der Waals surface area contributed by atoms with Gasteiger partial charge >= 0.3 is 5.97 Å². The maximum atomic E-state index is 12.4. The molecule has 1 unspecified atom stereocenters. The first-order chi connectivity index (χ1) is 9.00. The van der Waals surface area contributed by atoms with Crippen molar-refractivity contribution in [3.8, 4) is 0 Å². The first kappa shape index (κ1) is 14.5. The molecule has 19 heavy (non-hydrogen) atoms. The smallest absolute Gasteiger partial charge is 0.327 e. The lowest BCUT2D eigenvalue weighted by molar-refractivity contribution is -0.142. The van der Waals surface area contributed by atoms with Gasteiger partial charge in [-0.1, -0.05) is 15.9 Å². The van der Waals surface area contributed by atoms with Crippen LogP contribution in [-0.4, -0.2) is 47.6 Å². The van der Waals surface area contributed by atoms with Crippen LogP contribution in [0, 0.1) is 0 Å². The monoisotopic (exact) mass is 390 g/mol. The molecule has 1 aliphatic rings. The van der Waals surface area contributed by atoms with E-state index < -0.39 is 12.0 Å². The fraction of sp³-hybridized carbons (Fsp3) is 0.333. The van der Waals surface area contributed by atoms with Gasteiger partial charge in [0, 0.05) is 28.6 Å². The number of amides is 1. The molecular formula is C12H12Br2N2O3. The lowest BCUT2D eigenvalue weighted by atomic mass is 10.1. The SMILES string of the molecule is O=C(O)C1CNCCN1C(=O)c1ccc(Br)cc1Br. The minimum absolute atomic E-state index is 0.270. The first-order valence-electron chi connectivity index (χ1n) is 5.70. The zero-order valence-corrected chi connectivity index (χ0v) is 13.1. The van der Waals surface area contributed by atoms with Crippen molar-refractivity contribution >= 4 is 43.7 Å². The molecule has 1 fully saturated rings. The van der Waals surface area contributed by atoms with Gasteiger partial charge in [-0.15, -0.1) is 0 Å². The van der Waals surface area contributed by atoms with Gasteiger partial charge in [0.1, 0.15) is 6.04 Å². The third-order valence-electron chi connectivity index (χ3n) is 2.95. The van der Waals surface area contributed by atoms with Crippen LogP contribution < -0.4 is 5.32 Å². The van der Waals surface area contributed by atoms with Crippen molar-refractivity contribution in [2.75, 3.05) is 19.6 Å². The van der Waals surface area contributed by atoms with Crippen LogP contribution in [-0.2, 0) is 4.79 Å². The molecule has 0 radical (unpaired) electrons. The molecule has 0 aliphatic carbocycles. The Labute approximate surface area is 127 Å². The van der Waals surface area contributed by atoms with Crippen LogP contribution in [0.15, 0.2) is 27.1 Å². The summed E-state index contributed by atoms with van der Waals surface area (Å²) in [6, 6.07) is 4.38. The molecule has 1 heterocycles. The molecule has 1 aromatic carbocycles. The zero-order valence-electron chi connectivity index (χ0n) is 9.90. The van der Waals surface area contributed by atoms with Crippen LogP contribution in [0.5, 0.6) is 0 Å². The number of hydrogen-bond donors (Lipinski definition) is 2. The van der Waals surface area contributed by atoms with Crippen LogP contribution in [0.4, 0.5) is 0 Å². The van der Waals surface area contributed by atoms with Crippen LogP contribution in [0.3, 0.4) is 0 Å². The molecule has 0 saturated carbocycles. The van der Waals surface area contributed by atoms with E-state index in [2.05, 4.69) is 37.2 Å². The largest absolute Gasteiger partial charge is 0.480 e. The highest BCUT2D eigenvalue weighted by Crippen LogP contribution is 2.24. The number of carboxylic acids is 1. The van der Waals surface area contributed by atoms with Gasteiger partial charge in [-0.25, -0.2) is 4.79 Å². The van der Waals surface area contributed by atoms with Crippen LogP contribution in [0.1, 0.15) is 10.4 Å². The number of rotatable bonds is 2. The van der Waals surface area contributed by atoms with Crippen molar-refractivity contribution in [2.45, 2.75) is 6.04 Å². The summed E-state index contributed by atoms with van der Waals surface area (Å²) in [5, 5.41) is 12.1. The number of halogens is 2. The Hall–Kier alpha value is -0.920. The molecule has 2 rings (SSSR count). The fourth-order valence-corrected chi connectivity index (χ4v) is 3.20. The predicted octanol–water partition coefficient (Wildman–Crippen LogP) is 1.71. The van der Waals surface area contributed by atoms with Crippen molar-refractivity contribution in [3.05, 3.63) is 32.7 Å².